The number of rotatable bonds is 6. The first-order valence-corrected chi connectivity index (χ1v) is 7.12. The summed E-state index contributed by atoms with van der Waals surface area (Å²) in [5, 5.41) is 18.3. The maximum atomic E-state index is 11.7. The number of thiophene rings is 1. The molecule has 1 aromatic heterocycles. The summed E-state index contributed by atoms with van der Waals surface area (Å²) < 4.78 is 0. The topological polar surface area (TPSA) is 78.4 Å². The Kier molecular flexibility index (Phi) is 5.82. The molecule has 0 aliphatic carbocycles. The summed E-state index contributed by atoms with van der Waals surface area (Å²) >= 11 is 1.60. The number of hydrogen-bond donors (Lipinski definition) is 3. The molecule has 1 aromatic rings. The van der Waals surface area contributed by atoms with E-state index in [2.05, 4.69) is 10.6 Å². The van der Waals surface area contributed by atoms with Crippen molar-refractivity contribution in [3.63, 3.8) is 0 Å². The lowest BCUT2D eigenvalue weighted by Crippen LogP contribution is -2.45. The lowest BCUT2D eigenvalue weighted by Gasteiger charge is -2.20. The minimum Gasteiger partial charge on any atom is -0.481 e. The smallest absolute Gasteiger partial charge is 0.315 e. The Labute approximate surface area is 117 Å². The number of hydrogen-bond acceptors (Lipinski definition) is 3. The van der Waals surface area contributed by atoms with E-state index in [4.69, 9.17) is 5.11 Å². The van der Waals surface area contributed by atoms with Gasteiger partial charge in [-0.1, -0.05) is 13.8 Å². The van der Waals surface area contributed by atoms with Crippen molar-refractivity contribution in [3.8, 4) is 0 Å². The van der Waals surface area contributed by atoms with Gasteiger partial charge in [0.15, 0.2) is 0 Å². The van der Waals surface area contributed by atoms with Gasteiger partial charge >= 0.3 is 12.0 Å². The molecule has 0 aliphatic rings. The molecule has 1 rings (SSSR count). The molecule has 0 saturated carbocycles. The van der Waals surface area contributed by atoms with Crippen LogP contribution in [0.3, 0.4) is 0 Å². The summed E-state index contributed by atoms with van der Waals surface area (Å²) in [5.74, 6) is -0.836. The molecule has 2 amide bonds. The molecule has 0 aromatic carbocycles. The molecule has 0 radical (unpaired) electrons. The van der Waals surface area contributed by atoms with E-state index in [9.17, 15) is 9.59 Å². The van der Waals surface area contributed by atoms with Gasteiger partial charge in [0.25, 0.3) is 0 Å². The van der Waals surface area contributed by atoms with Gasteiger partial charge in [-0.05, 0) is 34.7 Å². The SMILES string of the molecule is Cc1cscc1CNC(=O)NC(CC(=O)O)C(C)C. The number of carbonyl (C=O) groups is 2. The molecule has 1 unspecified atom stereocenters. The molecular formula is C13H20N2O3S. The third-order valence-corrected chi connectivity index (χ3v) is 3.83. The van der Waals surface area contributed by atoms with Gasteiger partial charge in [0.1, 0.15) is 0 Å². The highest BCUT2D eigenvalue weighted by atomic mass is 32.1. The number of carbonyl (C=O) groups excluding carboxylic acids is 1. The Morgan fingerprint density at radius 1 is 1.37 bits per heavy atom. The largest absolute Gasteiger partial charge is 0.481 e. The van der Waals surface area contributed by atoms with E-state index in [1.165, 1.54) is 0 Å². The molecule has 1 heterocycles. The van der Waals surface area contributed by atoms with Gasteiger partial charge in [-0.25, -0.2) is 4.79 Å². The lowest BCUT2D eigenvalue weighted by atomic mass is 10.0. The maximum Gasteiger partial charge on any atom is 0.315 e. The van der Waals surface area contributed by atoms with Crippen LogP contribution in [0.25, 0.3) is 0 Å². The Balaban J connectivity index is 2.44. The molecule has 0 bridgehead atoms. The Morgan fingerprint density at radius 2 is 2.05 bits per heavy atom. The van der Waals surface area contributed by atoms with Crippen LogP contribution in [-0.4, -0.2) is 23.1 Å². The van der Waals surface area contributed by atoms with Crippen LogP contribution in [0.5, 0.6) is 0 Å². The third-order valence-electron chi connectivity index (χ3n) is 2.92. The second-order valence-electron chi connectivity index (χ2n) is 4.86. The Morgan fingerprint density at radius 3 is 2.53 bits per heavy atom. The first kappa shape index (κ1) is 15.5. The number of nitrogens with one attached hydrogen (secondary N) is 2. The highest BCUT2D eigenvalue weighted by molar-refractivity contribution is 7.08. The molecule has 0 spiro atoms. The van der Waals surface area contributed by atoms with E-state index in [0.717, 1.165) is 11.1 Å². The van der Waals surface area contributed by atoms with Crippen molar-refractivity contribution in [2.24, 2.45) is 5.92 Å². The zero-order valence-electron chi connectivity index (χ0n) is 11.4. The molecule has 3 N–H and O–H groups in total. The molecule has 19 heavy (non-hydrogen) atoms. The van der Waals surface area contributed by atoms with Crippen molar-refractivity contribution in [2.45, 2.75) is 39.8 Å². The third kappa shape index (κ3) is 5.30. The highest BCUT2D eigenvalue weighted by Crippen LogP contribution is 2.13. The monoisotopic (exact) mass is 284 g/mol. The standard InChI is InChI=1S/C13H20N2O3S/c1-8(2)11(4-12(16)17)15-13(18)14-5-10-7-19-6-9(10)3/h6-8,11H,4-5H2,1-3H3,(H,16,17)(H2,14,15,18). The molecule has 6 heteroatoms. The van der Waals surface area contributed by atoms with Crippen LogP contribution in [0.4, 0.5) is 4.79 Å². The normalized spacial score (nSPS) is 12.2. The Hall–Kier alpha value is -1.56. The van der Waals surface area contributed by atoms with Crippen molar-refractivity contribution in [1.82, 2.24) is 10.6 Å². The molecular weight excluding hydrogens is 264 g/mol. The van der Waals surface area contributed by atoms with Crippen LogP contribution in [0.1, 0.15) is 31.4 Å². The summed E-state index contributed by atoms with van der Waals surface area (Å²) in [6.45, 7) is 6.22. The summed E-state index contributed by atoms with van der Waals surface area (Å²) in [4.78, 5) is 22.4. The average Bonchev–Trinajstić information content (AvgIpc) is 2.70. The van der Waals surface area contributed by atoms with E-state index < -0.39 is 5.97 Å². The van der Waals surface area contributed by atoms with Gasteiger partial charge in [0.05, 0.1) is 6.42 Å². The summed E-state index contributed by atoms with van der Waals surface area (Å²) in [6.07, 6.45) is -0.0669. The number of urea groups is 1. The average molecular weight is 284 g/mol. The van der Waals surface area contributed by atoms with Gasteiger partial charge < -0.3 is 15.7 Å². The summed E-state index contributed by atoms with van der Waals surface area (Å²) in [7, 11) is 0. The summed E-state index contributed by atoms with van der Waals surface area (Å²) in [5.41, 5.74) is 2.23. The maximum absolute atomic E-state index is 11.7. The number of aryl methyl sites for hydroxylation is 1. The fourth-order valence-corrected chi connectivity index (χ4v) is 2.46. The molecule has 0 fully saturated rings. The second kappa shape index (κ2) is 7.13. The van der Waals surface area contributed by atoms with Gasteiger partial charge in [-0.3, -0.25) is 4.79 Å². The first-order valence-electron chi connectivity index (χ1n) is 6.18. The quantitative estimate of drug-likeness (QED) is 0.750. The van der Waals surface area contributed by atoms with E-state index in [0.29, 0.717) is 6.54 Å². The van der Waals surface area contributed by atoms with Crippen molar-refractivity contribution in [1.29, 1.82) is 0 Å². The number of carboxylic acids is 1. The van der Waals surface area contributed by atoms with Crippen LogP contribution < -0.4 is 10.6 Å². The predicted octanol–water partition coefficient (Wildman–Crippen LogP) is 2.36. The van der Waals surface area contributed by atoms with Crippen LogP contribution in [0, 0.1) is 12.8 Å². The number of carboxylic acid groups (broad SMARTS) is 1. The highest BCUT2D eigenvalue weighted by Gasteiger charge is 2.19. The summed E-state index contributed by atoms with van der Waals surface area (Å²) in [6, 6.07) is -0.688. The second-order valence-corrected chi connectivity index (χ2v) is 5.60. The minimum atomic E-state index is -0.910. The van der Waals surface area contributed by atoms with Gasteiger partial charge in [-0.15, -0.1) is 0 Å². The van der Waals surface area contributed by atoms with Crippen molar-refractivity contribution < 1.29 is 14.7 Å². The molecule has 0 saturated heterocycles. The fourth-order valence-electron chi connectivity index (χ4n) is 1.60. The molecule has 5 nitrogen and oxygen atoms in total. The minimum absolute atomic E-state index is 0.0669. The van der Waals surface area contributed by atoms with Crippen LogP contribution in [-0.2, 0) is 11.3 Å². The van der Waals surface area contributed by atoms with Gasteiger partial charge in [0.2, 0.25) is 0 Å². The predicted molar refractivity (Wildman–Crippen MR) is 75.3 cm³/mol. The van der Waals surface area contributed by atoms with Gasteiger partial charge in [0, 0.05) is 12.6 Å². The fraction of sp³-hybridized carbons (Fsp3) is 0.538. The number of aliphatic carboxylic acids is 1. The van der Waals surface area contributed by atoms with Crippen LogP contribution in [0.2, 0.25) is 0 Å². The van der Waals surface area contributed by atoms with Crippen molar-refractivity contribution in [3.05, 3.63) is 21.9 Å². The number of amides is 2. The zero-order chi connectivity index (χ0) is 14.4. The van der Waals surface area contributed by atoms with E-state index in [1.807, 2.05) is 31.5 Å². The lowest BCUT2D eigenvalue weighted by molar-refractivity contribution is -0.137. The Bertz CT molecular complexity index is 443. The molecule has 0 aliphatic heterocycles. The first-order chi connectivity index (χ1) is 8.90. The van der Waals surface area contributed by atoms with Crippen molar-refractivity contribution >= 4 is 23.3 Å². The van der Waals surface area contributed by atoms with Gasteiger partial charge in [-0.2, -0.15) is 11.3 Å². The molecule has 1 atom stereocenters. The van der Waals surface area contributed by atoms with Crippen molar-refractivity contribution in [2.75, 3.05) is 0 Å². The zero-order valence-corrected chi connectivity index (χ0v) is 12.2. The van der Waals surface area contributed by atoms with E-state index >= 15 is 0 Å². The molecule has 106 valence electrons. The van der Waals surface area contributed by atoms with Crippen LogP contribution in [0.15, 0.2) is 10.8 Å². The van der Waals surface area contributed by atoms with E-state index in [1.54, 1.807) is 11.3 Å². The van der Waals surface area contributed by atoms with E-state index in [-0.39, 0.29) is 24.4 Å². The van der Waals surface area contributed by atoms with Crippen LogP contribution >= 0.6 is 11.3 Å².